The number of thiophene rings is 1. The molecule has 0 aliphatic heterocycles. The number of hydrogen-bond acceptors (Lipinski definition) is 10. The van der Waals surface area contributed by atoms with E-state index in [-0.39, 0.29) is 25.6 Å². The Morgan fingerprint density at radius 1 is 1.11 bits per heavy atom. The molecule has 1 aliphatic carbocycles. The molecule has 0 unspecified atom stereocenters. The number of fused-ring (bicyclic) bond motifs is 5. The highest BCUT2D eigenvalue weighted by Crippen LogP contribution is 2.45. The summed E-state index contributed by atoms with van der Waals surface area (Å²) in [5.41, 5.74) is 4.60. The Labute approximate surface area is 262 Å². The van der Waals surface area contributed by atoms with Gasteiger partial charge in [0.1, 0.15) is 35.1 Å². The van der Waals surface area contributed by atoms with Crippen molar-refractivity contribution in [3.8, 4) is 16.2 Å². The zero-order valence-electron chi connectivity index (χ0n) is 23.8. The highest BCUT2D eigenvalue weighted by atomic mass is 35.5. The molecule has 230 valence electrons. The smallest absolute Gasteiger partial charge is 0.142 e. The summed E-state index contributed by atoms with van der Waals surface area (Å²) in [6.07, 6.45) is 4.32. The first-order valence-electron chi connectivity index (χ1n) is 14.3. The van der Waals surface area contributed by atoms with Gasteiger partial charge in [-0.25, -0.2) is 14.4 Å². The fourth-order valence-corrected chi connectivity index (χ4v) is 6.94. The van der Waals surface area contributed by atoms with Gasteiger partial charge in [0.05, 0.1) is 42.0 Å². The molecular formula is C31H32ClFN6O4S. The van der Waals surface area contributed by atoms with Gasteiger partial charge >= 0.3 is 0 Å². The molecule has 0 fully saturated rings. The molecule has 0 spiro atoms. The summed E-state index contributed by atoms with van der Waals surface area (Å²) in [7, 11) is 0. The number of anilines is 2. The molecule has 44 heavy (non-hydrogen) atoms. The van der Waals surface area contributed by atoms with Crippen LogP contribution in [0.3, 0.4) is 0 Å². The molecule has 6 rings (SSSR count). The van der Waals surface area contributed by atoms with E-state index in [1.54, 1.807) is 40.3 Å². The first kappa shape index (κ1) is 30.4. The second-order valence-electron chi connectivity index (χ2n) is 10.6. The van der Waals surface area contributed by atoms with Gasteiger partial charge in [-0.3, -0.25) is 9.58 Å². The van der Waals surface area contributed by atoms with E-state index < -0.39 is 6.10 Å². The van der Waals surface area contributed by atoms with Crippen LogP contribution in [0, 0.1) is 5.82 Å². The van der Waals surface area contributed by atoms with Crippen LogP contribution in [0.2, 0.25) is 5.02 Å². The highest BCUT2D eigenvalue weighted by Gasteiger charge is 2.27. The predicted octanol–water partition coefficient (Wildman–Crippen LogP) is 4.42. The van der Waals surface area contributed by atoms with E-state index in [2.05, 4.69) is 15.3 Å². The van der Waals surface area contributed by atoms with Crippen molar-refractivity contribution in [1.82, 2.24) is 24.6 Å². The number of rotatable bonds is 13. The monoisotopic (exact) mass is 638 g/mol. The van der Waals surface area contributed by atoms with Crippen molar-refractivity contribution < 1.29 is 24.4 Å². The second-order valence-corrected chi connectivity index (χ2v) is 12.0. The first-order valence-corrected chi connectivity index (χ1v) is 15.5. The Hall–Kier alpha value is -3.65. The molecule has 4 N–H and O–H groups in total. The number of nitrogens with zero attached hydrogens (tertiary/aromatic N) is 5. The number of hydrogen-bond donors (Lipinski definition) is 4. The van der Waals surface area contributed by atoms with Gasteiger partial charge in [-0.1, -0.05) is 23.7 Å². The van der Waals surface area contributed by atoms with E-state index in [4.69, 9.17) is 21.4 Å². The maximum atomic E-state index is 13.5. The van der Waals surface area contributed by atoms with Crippen molar-refractivity contribution in [1.29, 1.82) is 0 Å². The van der Waals surface area contributed by atoms with Crippen molar-refractivity contribution in [2.75, 3.05) is 38.2 Å². The molecule has 0 saturated heterocycles. The minimum atomic E-state index is -0.706. The fourth-order valence-electron chi connectivity index (χ4n) is 5.48. The van der Waals surface area contributed by atoms with E-state index in [9.17, 15) is 19.7 Å². The quantitative estimate of drug-likeness (QED) is 0.148. The van der Waals surface area contributed by atoms with Crippen molar-refractivity contribution in [3.05, 3.63) is 82.6 Å². The van der Waals surface area contributed by atoms with Gasteiger partial charge in [0.2, 0.25) is 0 Å². The zero-order chi connectivity index (χ0) is 30.6. The van der Waals surface area contributed by atoms with E-state index in [1.165, 1.54) is 18.5 Å². The van der Waals surface area contributed by atoms with E-state index in [0.717, 1.165) is 50.4 Å². The molecule has 5 aromatic rings. The summed E-state index contributed by atoms with van der Waals surface area (Å²) in [6, 6.07) is 11.6. The average Bonchev–Trinajstić information content (AvgIpc) is 3.58. The lowest BCUT2D eigenvalue weighted by Crippen LogP contribution is -2.38. The number of aromatic nitrogens is 4. The lowest BCUT2D eigenvalue weighted by molar-refractivity contribution is 0.0751. The summed E-state index contributed by atoms with van der Waals surface area (Å²) in [4.78, 5) is 12.9. The molecule has 0 saturated carbocycles. The Morgan fingerprint density at radius 2 is 1.95 bits per heavy atom. The Balaban J connectivity index is 1.19. The van der Waals surface area contributed by atoms with Crippen LogP contribution in [0.15, 0.2) is 55.0 Å². The topological polar surface area (TPSA) is 129 Å². The van der Waals surface area contributed by atoms with Crippen LogP contribution in [-0.2, 0) is 26.0 Å². The molecule has 0 amide bonds. The van der Waals surface area contributed by atoms with Crippen molar-refractivity contribution >= 4 is 44.7 Å². The maximum Gasteiger partial charge on any atom is 0.142 e. The van der Waals surface area contributed by atoms with Crippen LogP contribution >= 0.6 is 22.9 Å². The molecule has 0 radical (unpaired) electrons. The van der Waals surface area contributed by atoms with Crippen molar-refractivity contribution in [3.63, 3.8) is 0 Å². The predicted molar refractivity (Wildman–Crippen MR) is 168 cm³/mol. The third-order valence-corrected chi connectivity index (χ3v) is 8.93. The van der Waals surface area contributed by atoms with Gasteiger partial charge in [-0.15, -0.1) is 11.3 Å². The normalized spacial score (nSPS) is 13.2. The van der Waals surface area contributed by atoms with E-state index in [1.807, 2.05) is 17.2 Å². The minimum absolute atomic E-state index is 0.0397. The number of nitrogens with one attached hydrogen (secondary N) is 1. The zero-order valence-corrected chi connectivity index (χ0v) is 25.4. The molecule has 3 heterocycles. The van der Waals surface area contributed by atoms with Gasteiger partial charge < -0.3 is 25.4 Å². The average molecular weight is 639 g/mol. The standard InChI is InChI=1S/C31H32ClFN6O4S/c32-25-13-21(4-7-27(25)43-17-19-2-1-3-20(33)12-19)36-30-28-23-5-6-26-24(29(23)44-31(28)35-18-34-30)16-39(37-26)15-22(42)14-38(8-10-40)9-11-41/h1-4,7,12-13,16,18,22,40-42H,5-6,8-11,14-15,17H2,(H,34,35,36)/t22-/m1/s1. The van der Waals surface area contributed by atoms with Gasteiger partial charge in [0, 0.05) is 42.0 Å². The summed E-state index contributed by atoms with van der Waals surface area (Å²) in [6.45, 7) is 1.52. The van der Waals surface area contributed by atoms with E-state index >= 15 is 0 Å². The Kier molecular flexibility index (Phi) is 9.36. The molecular weight excluding hydrogens is 607 g/mol. The van der Waals surface area contributed by atoms with E-state index in [0.29, 0.717) is 48.3 Å². The van der Waals surface area contributed by atoms with Crippen LogP contribution in [0.25, 0.3) is 20.7 Å². The summed E-state index contributed by atoms with van der Waals surface area (Å²) in [5, 5.41) is 38.7. The summed E-state index contributed by atoms with van der Waals surface area (Å²) < 4.78 is 21.1. The lowest BCUT2D eigenvalue weighted by atomic mass is 9.95. The summed E-state index contributed by atoms with van der Waals surface area (Å²) >= 11 is 8.13. The molecule has 3 aromatic heterocycles. The van der Waals surface area contributed by atoms with Crippen LogP contribution in [0.4, 0.5) is 15.9 Å². The molecule has 1 atom stereocenters. The van der Waals surface area contributed by atoms with Gasteiger partial charge in [-0.2, -0.15) is 5.10 Å². The van der Waals surface area contributed by atoms with Crippen molar-refractivity contribution in [2.24, 2.45) is 0 Å². The molecule has 13 heteroatoms. The third-order valence-electron chi connectivity index (χ3n) is 7.46. The van der Waals surface area contributed by atoms with Crippen molar-refractivity contribution in [2.45, 2.75) is 32.1 Å². The van der Waals surface area contributed by atoms with Crippen LogP contribution in [0.1, 0.15) is 16.8 Å². The number of benzene rings is 2. The molecule has 2 aromatic carbocycles. The van der Waals surface area contributed by atoms with Crippen LogP contribution in [-0.4, -0.2) is 78.9 Å². The lowest BCUT2D eigenvalue weighted by Gasteiger charge is -2.23. The number of ether oxygens (including phenoxy) is 1. The Bertz CT molecular complexity index is 1760. The number of aliphatic hydroxyl groups is 3. The molecule has 1 aliphatic rings. The fraction of sp³-hybridized carbons (Fsp3) is 0.323. The van der Waals surface area contributed by atoms with Crippen LogP contribution in [0.5, 0.6) is 5.75 Å². The molecule has 10 nitrogen and oxygen atoms in total. The van der Waals surface area contributed by atoms with Gasteiger partial charge in [0.15, 0.2) is 0 Å². The van der Waals surface area contributed by atoms with Gasteiger partial charge in [-0.05, 0) is 54.3 Å². The van der Waals surface area contributed by atoms with Gasteiger partial charge in [0.25, 0.3) is 0 Å². The number of halogens is 2. The number of aryl methyl sites for hydroxylation is 2. The summed E-state index contributed by atoms with van der Waals surface area (Å²) in [5.74, 6) is 0.853. The molecule has 0 bridgehead atoms. The second kappa shape index (κ2) is 13.6. The Morgan fingerprint density at radius 3 is 2.73 bits per heavy atom. The number of aliphatic hydroxyl groups excluding tert-OH is 3. The SMILES string of the molecule is OCCN(CCO)C[C@@H](O)Cn1cc2c(n1)CCc1c-2sc2ncnc(Nc3ccc(OCc4cccc(F)c4)c(Cl)c3)c12. The maximum absolute atomic E-state index is 13.5. The third kappa shape index (κ3) is 6.70. The van der Waals surface area contributed by atoms with Crippen LogP contribution < -0.4 is 10.1 Å². The highest BCUT2D eigenvalue weighted by molar-refractivity contribution is 7.22. The minimum Gasteiger partial charge on any atom is -0.487 e. The largest absolute Gasteiger partial charge is 0.487 e. The first-order chi connectivity index (χ1) is 21.4.